The van der Waals surface area contributed by atoms with Crippen LogP contribution in [0.25, 0.3) is 0 Å². The lowest BCUT2D eigenvalue weighted by molar-refractivity contribution is -0.384. The largest absolute Gasteiger partial charge is 0.377 e. The van der Waals surface area contributed by atoms with Gasteiger partial charge in [-0.1, -0.05) is 26.0 Å². The molecule has 0 aromatic heterocycles. The van der Waals surface area contributed by atoms with Crippen LogP contribution in [-0.2, 0) is 0 Å². The van der Waals surface area contributed by atoms with Gasteiger partial charge in [0.2, 0.25) is 0 Å². The number of aryl methyl sites for hydroxylation is 1. The highest BCUT2D eigenvalue weighted by atomic mass is 16.6. The van der Waals surface area contributed by atoms with Crippen LogP contribution in [0.4, 0.5) is 11.4 Å². The second-order valence-corrected chi connectivity index (χ2v) is 5.24. The number of nitro groups is 1. The van der Waals surface area contributed by atoms with E-state index in [9.17, 15) is 10.1 Å². The van der Waals surface area contributed by atoms with E-state index in [0.717, 1.165) is 18.4 Å². The predicted molar refractivity (Wildman–Crippen MR) is 75.0 cm³/mol. The summed E-state index contributed by atoms with van der Waals surface area (Å²) in [4.78, 5) is 10.7. The van der Waals surface area contributed by atoms with Crippen molar-refractivity contribution in [1.29, 1.82) is 0 Å². The number of anilines is 1. The Bertz CT molecular complexity index is 416. The van der Waals surface area contributed by atoms with Gasteiger partial charge in [-0.25, -0.2) is 0 Å². The number of para-hydroxylation sites is 1. The summed E-state index contributed by atoms with van der Waals surface area (Å²) in [6.07, 6.45) is 2.14. The molecule has 18 heavy (non-hydrogen) atoms. The third kappa shape index (κ3) is 4.02. The van der Waals surface area contributed by atoms with E-state index in [0.29, 0.717) is 11.6 Å². The summed E-state index contributed by atoms with van der Waals surface area (Å²) in [5.41, 5.74) is 1.73. The standard InChI is InChI=1S/C14H22N2O2/c1-10(2)8-9-12(4)15-14-11(3)6-5-7-13(14)16(17)18/h5-7,10,12,15H,8-9H2,1-4H3. The highest BCUT2D eigenvalue weighted by molar-refractivity contribution is 5.66. The van der Waals surface area contributed by atoms with Gasteiger partial charge in [-0.2, -0.15) is 0 Å². The molecule has 0 aliphatic carbocycles. The molecular weight excluding hydrogens is 228 g/mol. The lowest BCUT2D eigenvalue weighted by atomic mass is 10.0. The summed E-state index contributed by atoms with van der Waals surface area (Å²) < 4.78 is 0. The maximum Gasteiger partial charge on any atom is 0.292 e. The Morgan fingerprint density at radius 3 is 2.50 bits per heavy atom. The van der Waals surface area contributed by atoms with Crippen LogP contribution in [0.5, 0.6) is 0 Å². The molecular formula is C14H22N2O2. The van der Waals surface area contributed by atoms with Crippen LogP contribution in [0, 0.1) is 23.0 Å². The van der Waals surface area contributed by atoms with Gasteiger partial charge in [0.05, 0.1) is 4.92 Å². The Morgan fingerprint density at radius 2 is 1.94 bits per heavy atom. The topological polar surface area (TPSA) is 55.2 Å². The highest BCUT2D eigenvalue weighted by Crippen LogP contribution is 2.28. The molecule has 0 spiro atoms. The number of hydrogen-bond acceptors (Lipinski definition) is 3. The number of nitrogens with zero attached hydrogens (tertiary/aromatic N) is 1. The molecule has 1 N–H and O–H groups in total. The first-order valence-corrected chi connectivity index (χ1v) is 6.42. The van der Waals surface area contributed by atoms with Crippen LogP contribution in [0.2, 0.25) is 0 Å². The van der Waals surface area contributed by atoms with Gasteiger partial charge in [0.15, 0.2) is 0 Å². The van der Waals surface area contributed by atoms with E-state index in [1.807, 2.05) is 13.0 Å². The van der Waals surface area contributed by atoms with Gasteiger partial charge in [0.1, 0.15) is 5.69 Å². The van der Waals surface area contributed by atoms with E-state index in [4.69, 9.17) is 0 Å². The molecule has 0 amide bonds. The molecule has 1 aromatic carbocycles. The molecule has 100 valence electrons. The van der Waals surface area contributed by atoms with Crippen molar-refractivity contribution in [1.82, 2.24) is 0 Å². The summed E-state index contributed by atoms with van der Waals surface area (Å²) in [5.74, 6) is 0.654. The lowest BCUT2D eigenvalue weighted by Gasteiger charge is -2.17. The Labute approximate surface area is 109 Å². The molecule has 1 rings (SSSR count). The Hall–Kier alpha value is -1.58. The molecule has 0 saturated heterocycles. The minimum atomic E-state index is -0.329. The van der Waals surface area contributed by atoms with E-state index in [1.165, 1.54) is 0 Å². The molecule has 0 radical (unpaired) electrons. The Balaban J connectivity index is 2.80. The van der Waals surface area contributed by atoms with Gasteiger partial charge >= 0.3 is 0 Å². The van der Waals surface area contributed by atoms with E-state index >= 15 is 0 Å². The fourth-order valence-electron chi connectivity index (χ4n) is 1.89. The summed E-state index contributed by atoms with van der Waals surface area (Å²) in [6, 6.07) is 5.40. The van der Waals surface area contributed by atoms with Crippen LogP contribution >= 0.6 is 0 Å². The molecule has 1 atom stereocenters. The van der Waals surface area contributed by atoms with Crippen molar-refractivity contribution < 1.29 is 4.92 Å². The number of rotatable bonds is 6. The first-order valence-electron chi connectivity index (χ1n) is 6.42. The zero-order valence-electron chi connectivity index (χ0n) is 11.6. The average Bonchev–Trinajstić information content (AvgIpc) is 2.28. The average molecular weight is 250 g/mol. The van der Waals surface area contributed by atoms with Gasteiger partial charge in [0, 0.05) is 12.1 Å². The number of hydrogen-bond donors (Lipinski definition) is 1. The third-order valence-corrected chi connectivity index (χ3v) is 3.02. The molecule has 4 heteroatoms. The highest BCUT2D eigenvalue weighted by Gasteiger charge is 2.17. The summed E-state index contributed by atoms with van der Waals surface area (Å²) in [5, 5.41) is 14.3. The molecule has 0 bridgehead atoms. The maximum atomic E-state index is 11.0. The quantitative estimate of drug-likeness (QED) is 0.609. The summed E-state index contributed by atoms with van der Waals surface area (Å²) in [6.45, 7) is 8.33. The van der Waals surface area contributed by atoms with Gasteiger partial charge in [-0.3, -0.25) is 10.1 Å². The first-order chi connectivity index (χ1) is 8.41. The fourth-order valence-corrected chi connectivity index (χ4v) is 1.89. The molecule has 4 nitrogen and oxygen atoms in total. The smallest absolute Gasteiger partial charge is 0.292 e. The maximum absolute atomic E-state index is 11.0. The van der Waals surface area contributed by atoms with E-state index < -0.39 is 0 Å². The van der Waals surface area contributed by atoms with Crippen LogP contribution in [0.1, 0.15) is 39.2 Å². The van der Waals surface area contributed by atoms with E-state index in [2.05, 4.69) is 26.1 Å². The van der Waals surface area contributed by atoms with Crippen molar-refractivity contribution in [2.24, 2.45) is 5.92 Å². The lowest BCUT2D eigenvalue weighted by Crippen LogP contribution is -2.17. The molecule has 0 aliphatic rings. The first kappa shape index (κ1) is 14.5. The number of nitro benzene ring substituents is 1. The Morgan fingerprint density at radius 1 is 1.28 bits per heavy atom. The number of nitrogens with one attached hydrogen (secondary N) is 1. The van der Waals surface area contributed by atoms with Crippen molar-refractivity contribution in [3.8, 4) is 0 Å². The molecule has 0 saturated carbocycles. The van der Waals surface area contributed by atoms with Gasteiger partial charge in [-0.05, 0) is 38.2 Å². The zero-order chi connectivity index (χ0) is 13.7. The van der Waals surface area contributed by atoms with Crippen LogP contribution in [-0.4, -0.2) is 11.0 Å². The SMILES string of the molecule is Cc1cccc([N+](=O)[O-])c1NC(C)CCC(C)C. The molecule has 0 aliphatic heterocycles. The van der Waals surface area contributed by atoms with Crippen LogP contribution in [0.3, 0.4) is 0 Å². The Kier molecular flexibility index (Phi) is 5.13. The van der Waals surface area contributed by atoms with E-state index in [1.54, 1.807) is 12.1 Å². The normalized spacial score (nSPS) is 12.5. The number of benzene rings is 1. The van der Waals surface area contributed by atoms with Crippen LogP contribution in [0.15, 0.2) is 18.2 Å². The molecule has 1 aromatic rings. The van der Waals surface area contributed by atoms with Crippen molar-refractivity contribution in [2.75, 3.05) is 5.32 Å². The van der Waals surface area contributed by atoms with Crippen molar-refractivity contribution >= 4 is 11.4 Å². The zero-order valence-corrected chi connectivity index (χ0v) is 11.6. The van der Waals surface area contributed by atoms with Gasteiger partial charge < -0.3 is 5.32 Å². The van der Waals surface area contributed by atoms with E-state index in [-0.39, 0.29) is 16.7 Å². The fraction of sp³-hybridized carbons (Fsp3) is 0.571. The van der Waals surface area contributed by atoms with Crippen LogP contribution < -0.4 is 5.32 Å². The molecule has 0 fully saturated rings. The van der Waals surface area contributed by atoms with Crippen molar-refractivity contribution in [3.63, 3.8) is 0 Å². The predicted octanol–water partition coefficient (Wildman–Crippen LogP) is 4.14. The second kappa shape index (κ2) is 6.38. The molecule has 0 heterocycles. The van der Waals surface area contributed by atoms with Gasteiger partial charge in [0.25, 0.3) is 5.69 Å². The third-order valence-electron chi connectivity index (χ3n) is 3.02. The van der Waals surface area contributed by atoms with Gasteiger partial charge in [-0.15, -0.1) is 0 Å². The summed E-state index contributed by atoms with van der Waals surface area (Å²) >= 11 is 0. The minimum Gasteiger partial charge on any atom is -0.377 e. The summed E-state index contributed by atoms with van der Waals surface area (Å²) in [7, 11) is 0. The van der Waals surface area contributed by atoms with Crippen molar-refractivity contribution in [3.05, 3.63) is 33.9 Å². The second-order valence-electron chi connectivity index (χ2n) is 5.24. The minimum absolute atomic E-state index is 0.159. The van der Waals surface area contributed by atoms with Crippen molar-refractivity contribution in [2.45, 2.75) is 46.6 Å². The monoisotopic (exact) mass is 250 g/mol. The molecule has 1 unspecified atom stereocenters.